The van der Waals surface area contributed by atoms with Crippen molar-refractivity contribution in [3.05, 3.63) is 17.9 Å². The zero-order valence-electron chi connectivity index (χ0n) is 9.89. The first-order chi connectivity index (χ1) is 8.16. The Balaban J connectivity index is 1.73. The zero-order chi connectivity index (χ0) is 12.3. The fourth-order valence-corrected chi connectivity index (χ4v) is 1.49. The smallest absolute Gasteiger partial charge is 0.371 e. The minimum absolute atomic E-state index is 0.0363. The second kappa shape index (κ2) is 5.23. The molecule has 17 heavy (non-hydrogen) atoms. The normalized spacial score (nSPS) is 14.9. The van der Waals surface area contributed by atoms with Gasteiger partial charge in [-0.15, -0.1) is 0 Å². The van der Waals surface area contributed by atoms with Crippen LogP contribution < -0.4 is 4.90 Å². The van der Waals surface area contributed by atoms with Crippen LogP contribution in [0.2, 0.25) is 0 Å². The van der Waals surface area contributed by atoms with Crippen LogP contribution in [0, 0.1) is 5.92 Å². The number of carboxylic acid groups (broad SMARTS) is 1. The number of ether oxygens (including phenoxy) is 1. The number of carboxylic acids is 1. The highest BCUT2D eigenvalue weighted by Crippen LogP contribution is 2.28. The Morgan fingerprint density at radius 1 is 1.59 bits per heavy atom. The van der Waals surface area contributed by atoms with Crippen molar-refractivity contribution in [3.63, 3.8) is 0 Å². The Hall–Kier alpha value is -1.49. The molecule has 1 fully saturated rings. The van der Waals surface area contributed by atoms with E-state index in [-0.39, 0.29) is 5.76 Å². The summed E-state index contributed by atoms with van der Waals surface area (Å²) >= 11 is 0. The van der Waals surface area contributed by atoms with Gasteiger partial charge in [-0.25, -0.2) is 4.79 Å². The van der Waals surface area contributed by atoms with Gasteiger partial charge in [-0.3, -0.25) is 0 Å². The maximum atomic E-state index is 10.6. The third-order valence-electron chi connectivity index (χ3n) is 2.80. The SMILES string of the molecule is CN(CCOCC1CC1)c1ccc(C(=O)O)o1. The van der Waals surface area contributed by atoms with Gasteiger partial charge in [0.25, 0.3) is 0 Å². The minimum atomic E-state index is -1.05. The van der Waals surface area contributed by atoms with Gasteiger partial charge in [0.1, 0.15) is 0 Å². The van der Waals surface area contributed by atoms with Crippen molar-refractivity contribution in [1.29, 1.82) is 0 Å². The largest absolute Gasteiger partial charge is 0.475 e. The molecule has 0 aromatic carbocycles. The Morgan fingerprint density at radius 2 is 2.35 bits per heavy atom. The van der Waals surface area contributed by atoms with Crippen molar-refractivity contribution in [2.45, 2.75) is 12.8 Å². The number of rotatable bonds is 7. The minimum Gasteiger partial charge on any atom is -0.475 e. The van der Waals surface area contributed by atoms with Crippen molar-refractivity contribution in [3.8, 4) is 0 Å². The molecule has 1 aromatic rings. The summed E-state index contributed by atoms with van der Waals surface area (Å²) in [6.45, 7) is 2.17. The lowest BCUT2D eigenvalue weighted by Crippen LogP contribution is -2.22. The summed E-state index contributed by atoms with van der Waals surface area (Å²) in [6.07, 6.45) is 2.58. The van der Waals surface area contributed by atoms with Crippen LogP contribution in [0.5, 0.6) is 0 Å². The molecule has 1 aliphatic carbocycles. The number of anilines is 1. The lowest BCUT2D eigenvalue weighted by Gasteiger charge is -2.15. The number of furan rings is 1. The molecule has 1 aromatic heterocycles. The Morgan fingerprint density at radius 3 is 2.94 bits per heavy atom. The summed E-state index contributed by atoms with van der Waals surface area (Å²) in [5.41, 5.74) is 0. The van der Waals surface area contributed by atoms with E-state index >= 15 is 0 Å². The van der Waals surface area contributed by atoms with E-state index in [0.717, 1.165) is 12.5 Å². The van der Waals surface area contributed by atoms with E-state index in [2.05, 4.69) is 0 Å². The quantitative estimate of drug-likeness (QED) is 0.735. The van der Waals surface area contributed by atoms with Gasteiger partial charge in [0.2, 0.25) is 5.76 Å². The molecule has 1 heterocycles. The molecule has 0 amide bonds. The molecule has 1 aliphatic rings. The highest BCUT2D eigenvalue weighted by molar-refractivity contribution is 5.84. The lowest BCUT2D eigenvalue weighted by molar-refractivity contribution is 0.0663. The summed E-state index contributed by atoms with van der Waals surface area (Å²) in [7, 11) is 1.85. The monoisotopic (exact) mass is 239 g/mol. The van der Waals surface area contributed by atoms with Crippen molar-refractivity contribution in [2.24, 2.45) is 5.92 Å². The number of aromatic carboxylic acids is 1. The van der Waals surface area contributed by atoms with E-state index in [4.69, 9.17) is 14.3 Å². The molecule has 0 bridgehead atoms. The molecule has 1 N–H and O–H groups in total. The molecule has 0 aliphatic heterocycles. The molecule has 0 atom stereocenters. The Bertz CT molecular complexity index is 384. The highest BCUT2D eigenvalue weighted by atomic mass is 16.5. The van der Waals surface area contributed by atoms with Gasteiger partial charge in [0.15, 0.2) is 5.88 Å². The summed E-state index contributed by atoms with van der Waals surface area (Å²) in [6, 6.07) is 3.11. The second-order valence-electron chi connectivity index (χ2n) is 4.38. The number of nitrogens with zero attached hydrogens (tertiary/aromatic N) is 1. The molecule has 0 spiro atoms. The first-order valence-electron chi connectivity index (χ1n) is 5.79. The molecule has 5 nitrogen and oxygen atoms in total. The van der Waals surface area contributed by atoms with Gasteiger partial charge >= 0.3 is 5.97 Å². The molecular formula is C12H17NO4. The Labute approximate surface area is 100.0 Å². The van der Waals surface area contributed by atoms with Gasteiger partial charge in [0, 0.05) is 26.3 Å². The summed E-state index contributed by atoms with van der Waals surface area (Å²) in [4.78, 5) is 12.5. The topological polar surface area (TPSA) is 62.9 Å². The van der Waals surface area contributed by atoms with Crippen LogP contribution in [0.15, 0.2) is 16.5 Å². The van der Waals surface area contributed by atoms with Crippen LogP contribution in [0.25, 0.3) is 0 Å². The molecular weight excluding hydrogens is 222 g/mol. The average molecular weight is 239 g/mol. The summed E-state index contributed by atoms with van der Waals surface area (Å²) < 4.78 is 10.7. The highest BCUT2D eigenvalue weighted by Gasteiger charge is 2.21. The van der Waals surface area contributed by atoms with Crippen LogP contribution in [0.3, 0.4) is 0 Å². The van der Waals surface area contributed by atoms with Gasteiger partial charge in [-0.1, -0.05) is 0 Å². The summed E-state index contributed by atoms with van der Waals surface area (Å²) in [5.74, 6) is 0.236. The number of likely N-dealkylation sites (N-methyl/N-ethyl adjacent to an activating group) is 1. The number of hydrogen-bond acceptors (Lipinski definition) is 4. The lowest BCUT2D eigenvalue weighted by atomic mass is 10.4. The van der Waals surface area contributed by atoms with E-state index in [1.54, 1.807) is 6.07 Å². The van der Waals surface area contributed by atoms with Crippen LogP contribution in [0.1, 0.15) is 23.4 Å². The zero-order valence-corrected chi connectivity index (χ0v) is 9.89. The van der Waals surface area contributed by atoms with Gasteiger partial charge in [-0.05, 0) is 24.8 Å². The standard InChI is InChI=1S/C12H17NO4/c1-13(6-7-16-8-9-2-3-9)11-5-4-10(17-11)12(14)15/h4-5,9H,2-3,6-8H2,1H3,(H,14,15). The van der Waals surface area contributed by atoms with Crippen LogP contribution >= 0.6 is 0 Å². The molecule has 0 radical (unpaired) electrons. The van der Waals surface area contributed by atoms with E-state index in [1.807, 2.05) is 11.9 Å². The van der Waals surface area contributed by atoms with Crippen molar-refractivity contribution < 1.29 is 19.1 Å². The maximum absolute atomic E-state index is 10.6. The number of hydrogen-bond donors (Lipinski definition) is 1. The first kappa shape index (κ1) is 12.0. The van der Waals surface area contributed by atoms with E-state index in [0.29, 0.717) is 19.0 Å². The van der Waals surface area contributed by atoms with Gasteiger partial charge in [-0.2, -0.15) is 0 Å². The fourth-order valence-electron chi connectivity index (χ4n) is 1.49. The predicted octanol–water partition coefficient (Wildman–Crippen LogP) is 1.84. The van der Waals surface area contributed by atoms with Crippen molar-refractivity contribution in [1.82, 2.24) is 0 Å². The predicted molar refractivity (Wildman–Crippen MR) is 62.5 cm³/mol. The maximum Gasteiger partial charge on any atom is 0.371 e. The molecule has 2 rings (SSSR count). The summed E-state index contributed by atoms with van der Waals surface area (Å²) in [5, 5.41) is 8.73. The molecule has 0 unspecified atom stereocenters. The molecule has 1 saturated carbocycles. The van der Waals surface area contributed by atoms with Gasteiger partial charge in [0.05, 0.1) is 6.61 Å². The Kier molecular flexibility index (Phi) is 3.68. The fraction of sp³-hybridized carbons (Fsp3) is 0.583. The van der Waals surface area contributed by atoms with Crippen LogP contribution in [-0.2, 0) is 4.74 Å². The molecule has 5 heteroatoms. The van der Waals surface area contributed by atoms with Crippen LogP contribution in [-0.4, -0.2) is 37.9 Å². The van der Waals surface area contributed by atoms with E-state index < -0.39 is 5.97 Å². The molecule has 94 valence electrons. The first-order valence-corrected chi connectivity index (χ1v) is 5.79. The van der Waals surface area contributed by atoms with Crippen molar-refractivity contribution in [2.75, 3.05) is 31.7 Å². The van der Waals surface area contributed by atoms with Crippen LogP contribution in [0.4, 0.5) is 5.88 Å². The van der Waals surface area contributed by atoms with Gasteiger partial charge < -0.3 is 19.2 Å². The van der Waals surface area contributed by atoms with E-state index in [1.165, 1.54) is 18.9 Å². The second-order valence-corrected chi connectivity index (χ2v) is 4.38. The number of carbonyl (C=O) groups is 1. The third-order valence-corrected chi connectivity index (χ3v) is 2.80. The molecule has 0 saturated heterocycles. The average Bonchev–Trinajstić information content (AvgIpc) is 2.97. The van der Waals surface area contributed by atoms with E-state index in [9.17, 15) is 4.79 Å². The third kappa shape index (κ3) is 3.49. The van der Waals surface area contributed by atoms with Crippen molar-refractivity contribution >= 4 is 11.9 Å².